The van der Waals surface area contributed by atoms with Crippen LogP contribution >= 0.6 is 11.3 Å². The topological polar surface area (TPSA) is 42.4 Å². The fourth-order valence-electron chi connectivity index (χ4n) is 2.51. The van der Waals surface area contributed by atoms with Crippen molar-refractivity contribution in [3.63, 3.8) is 0 Å². The molecule has 0 unspecified atom stereocenters. The first-order chi connectivity index (χ1) is 10.1. The molecule has 0 N–H and O–H groups in total. The Labute approximate surface area is 128 Å². The van der Waals surface area contributed by atoms with Gasteiger partial charge in [-0.05, 0) is 43.7 Å². The Bertz CT molecular complexity index is 653. The number of rotatable bonds is 2. The predicted molar refractivity (Wildman–Crippen MR) is 82.6 cm³/mol. The van der Waals surface area contributed by atoms with Crippen molar-refractivity contribution in [1.82, 2.24) is 9.88 Å². The number of carbonyl (C=O) groups is 1. The van der Waals surface area contributed by atoms with Crippen LogP contribution in [0, 0.1) is 13.8 Å². The Morgan fingerprint density at radius 3 is 2.95 bits per heavy atom. The highest BCUT2D eigenvalue weighted by Crippen LogP contribution is 2.25. The molecule has 2 aromatic rings. The highest BCUT2D eigenvalue weighted by atomic mass is 32.1. The van der Waals surface area contributed by atoms with E-state index < -0.39 is 0 Å². The number of aryl methyl sites for hydroxylation is 2. The molecule has 3 rings (SSSR count). The summed E-state index contributed by atoms with van der Waals surface area (Å²) in [6, 6.07) is 7.88. The molecule has 1 amide bonds. The molecule has 1 aliphatic rings. The number of carbonyl (C=O) groups excluding carboxylic acids is 1. The van der Waals surface area contributed by atoms with E-state index >= 15 is 0 Å². The van der Waals surface area contributed by atoms with E-state index in [-0.39, 0.29) is 12.0 Å². The monoisotopic (exact) mass is 302 g/mol. The molecule has 0 saturated carbocycles. The van der Waals surface area contributed by atoms with E-state index in [9.17, 15) is 4.79 Å². The van der Waals surface area contributed by atoms with Crippen molar-refractivity contribution in [2.75, 3.05) is 19.7 Å². The summed E-state index contributed by atoms with van der Waals surface area (Å²) in [5.41, 5.74) is 2.05. The molecule has 3 heterocycles. The third kappa shape index (κ3) is 3.14. The van der Waals surface area contributed by atoms with E-state index in [1.807, 2.05) is 43.0 Å². The number of hydrogen-bond acceptors (Lipinski definition) is 4. The van der Waals surface area contributed by atoms with Crippen molar-refractivity contribution in [2.24, 2.45) is 0 Å². The zero-order valence-corrected chi connectivity index (χ0v) is 13.0. The van der Waals surface area contributed by atoms with Crippen molar-refractivity contribution >= 4 is 17.2 Å². The molecule has 5 heteroatoms. The molecule has 1 aliphatic heterocycles. The molecule has 2 aromatic heterocycles. The maximum absolute atomic E-state index is 12.5. The molecule has 1 saturated heterocycles. The van der Waals surface area contributed by atoms with Crippen LogP contribution in [-0.2, 0) is 4.74 Å². The van der Waals surface area contributed by atoms with Crippen LogP contribution in [0.1, 0.15) is 31.9 Å². The van der Waals surface area contributed by atoms with Crippen molar-refractivity contribution in [3.8, 4) is 0 Å². The number of thiophene rings is 1. The molecule has 1 fully saturated rings. The zero-order chi connectivity index (χ0) is 14.8. The van der Waals surface area contributed by atoms with Crippen LogP contribution in [0.15, 0.2) is 30.5 Å². The van der Waals surface area contributed by atoms with Crippen LogP contribution in [0.25, 0.3) is 0 Å². The van der Waals surface area contributed by atoms with Crippen LogP contribution in [0.4, 0.5) is 0 Å². The van der Waals surface area contributed by atoms with Crippen LogP contribution < -0.4 is 0 Å². The number of morpholine rings is 1. The first-order valence-corrected chi connectivity index (χ1v) is 7.85. The summed E-state index contributed by atoms with van der Waals surface area (Å²) in [6.45, 7) is 5.80. The first-order valence-electron chi connectivity index (χ1n) is 7.03. The third-order valence-corrected chi connectivity index (χ3v) is 4.59. The molecule has 0 aromatic carbocycles. The Morgan fingerprint density at radius 2 is 2.24 bits per heavy atom. The number of nitrogens with zero attached hydrogens (tertiary/aromatic N) is 2. The number of aromatic nitrogens is 1. The SMILES string of the molecule is Cc1cc([C@H]2CN(C(=O)c3ccc(C)s3)CCO2)ccn1. The molecule has 1 atom stereocenters. The van der Waals surface area contributed by atoms with Crippen molar-refractivity contribution < 1.29 is 9.53 Å². The Morgan fingerprint density at radius 1 is 1.38 bits per heavy atom. The van der Waals surface area contributed by atoms with Gasteiger partial charge in [-0.15, -0.1) is 11.3 Å². The number of ether oxygens (including phenoxy) is 1. The smallest absolute Gasteiger partial charge is 0.264 e. The molecule has 0 radical (unpaired) electrons. The molecule has 21 heavy (non-hydrogen) atoms. The molecule has 0 bridgehead atoms. The normalized spacial score (nSPS) is 18.8. The second kappa shape index (κ2) is 5.95. The van der Waals surface area contributed by atoms with E-state index in [1.165, 1.54) is 0 Å². The van der Waals surface area contributed by atoms with Gasteiger partial charge in [0, 0.05) is 23.3 Å². The molecule has 0 aliphatic carbocycles. The van der Waals surface area contributed by atoms with Crippen LogP contribution in [0.3, 0.4) is 0 Å². The van der Waals surface area contributed by atoms with E-state index in [1.54, 1.807) is 17.5 Å². The predicted octanol–water partition coefficient (Wildman–Crippen LogP) is 2.97. The average molecular weight is 302 g/mol. The van der Waals surface area contributed by atoms with E-state index in [2.05, 4.69) is 4.98 Å². The van der Waals surface area contributed by atoms with E-state index in [0.717, 1.165) is 21.0 Å². The second-order valence-electron chi connectivity index (χ2n) is 5.25. The minimum Gasteiger partial charge on any atom is -0.370 e. The van der Waals surface area contributed by atoms with Crippen LogP contribution in [-0.4, -0.2) is 35.5 Å². The van der Waals surface area contributed by atoms with Crippen molar-refractivity contribution in [1.29, 1.82) is 0 Å². The lowest BCUT2D eigenvalue weighted by Gasteiger charge is -2.33. The quantitative estimate of drug-likeness (QED) is 0.856. The van der Waals surface area contributed by atoms with Crippen molar-refractivity contribution in [2.45, 2.75) is 20.0 Å². The van der Waals surface area contributed by atoms with Crippen molar-refractivity contribution in [3.05, 3.63) is 51.5 Å². The Hall–Kier alpha value is -1.72. The number of hydrogen-bond donors (Lipinski definition) is 0. The van der Waals surface area contributed by atoms with Crippen LogP contribution in [0.2, 0.25) is 0 Å². The van der Waals surface area contributed by atoms with E-state index in [0.29, 0.717) is 19.7 Å². The van der Waals surface area contributed by atoms with Gasteiger partial charge < -0.3 is 9.64 Å². The molecule has 4 nitrogen and oxygen atoms in total. The standard InChI is InChI=1S/C16H18N2O2S/c1-11-9-13(5-6-17-11)14-10-18(7-8-20-14)16(19)15-4-3-12(2)21-15/h3-6,9,14H,7-8,10H2,1-2H3/t14-/m1/s1. The average Bonchev–Trinajstić information content (AvgIpc) is 2.93. The maximum atomic E-state index is 12.5. The summed E-state index contributed by atoms with van der Waals surface area (Å²) in [5, 5.41) is 0. The second-order valence-corrected chi connectivity index (χ2v) is 6.54. The van der Waals surface area contributed by atoms with Gasteiger partial charge >= 0.3 is 0 Å². The lowest BCUT2D eigenvalue weighted by atomic mass is 10.1. The number of pyridine rings is 1. The lowest BCUT2D eigenvalue weighted by molar-refractivity contribution is -0.0227. The van der Waals surface area contributed by atoms with Gasteiger partial charge in [-0.25, -0.2) is 0 Å². The van der Waals surface area contributed by atoms with Gasteiger partial charge in [0.25, 0.3) is 5.91 Å². The zero-order valence-electron chi connectivity index (χ0n) is 12.2. The summed E-state index contributed by atoms with van der Waals surface area (Å²) in [5.74, 6) is 0.104. The summed E-state index contributed by atoms with van der Waals surface area (Å²) in [6.07, 6.45) is 1.72. The van der Waals surface area contributed by atoms with Gasteiger partial charge in [0.2, 0.25) is 0 Å². The highest BCUT2D eigenvalue weighted by Gasteiger charge is 2.26. The highest BCUT2D eigenvalue weighted by molar-refractivity contribution is 7.13. The van der Waals surface area contributed by atoms with Gasteiger partial charge in [-0.2, -0.15) is 0 Å². The largest absolute Gasteiger partial charge is 0.370 e. The third-order valence-electron chi connectivity index (χ3n) is 3.60. The van der Waals surface area contributed by atoms with Gasteiger partial charge in [-0.3, -0.25) is 9.78 Å². The fraction of sp³-hybridized carbons (Fsp3) is 0.375. The molecule has 110 valence electrons. The van der Waals surface area contributed by atoms with E-state index in [4.69, 9.17) is 4.74 Å². The fourth-order valence-corrected chi connectivity index (χ4v) is 3.34. The van der Waals surface area contributed by atoms with Gasteiger partial charge in [0.15, 0.2) is 0 Å². The summed E-state index contributed by atoms with van der Waals surface area (Å²) >= 11 is 1.55. The molecule has 0 spiro atoms. The minimum absolute atomic E-state index is 0.0644. The summed E-state index contributed by atoms with van der Waals surface area (Å²) < 4.78 is 5.82. The maximum Gasteiger partial charge on any atom is 0.264 e. The van der Waals surface area contributed by atoms with Gasteiger partial charge in [0.1, 0.15) is 6.10 Å². The summed E-state index contributed by atoms with van der Waals surface area (Å²) in [4.78, 5) is 20.6. The van der Waals surface area contributed by atoms with Crippen LogP contribution in [0.5, 0.6) is 0 Å². The van der Waals surface area contributed by atoms with Gasteiger partial charge in [-0.1, -0.05) is 0 Å². The molecular formula is C16H18N2O2S. The Kier molecular flexibility index (Phi) is 4.03. The van der Waals surface area contributed by atoms with Gasteiger partial charge in [0.05, 0.1) is 18.0 Å². The molecular weight excluding hydrogens is 284 g/mol. The summed E-state index contributed by atoms with van der Waals surface area (Å²) in [7, 11) is 0. The number of amides is 1. The Balaban J connectivity index is 1.75. The lowest BCUT2D eigenvalue weighted by Crippen LogP contribution is -2.42. The minimum atomic E-state index is -0.0644. The first kappa shape index (κ1) is 14.2.